The van der Waals surface area contributed by atoms with Crippen LogP contribution in [-0.4, -0.2) is 6.04 Å². The van der Waals surface area contributed by atoms with Crippen LogP contribution < -0.4 is 5.32 Å². The Hall–Kier alpha value is -0.820. The molecule has 1 aromatic rings. The molecule has 0 aromatic heterocycles. The first-order valence-electron chi connectivity index (χ1n) is 7.03. The third kappa shape index (κ3) is 4.16. The molecule has 1 heteroatoms. The second kappa shape index (κ2) is 7.50. The van der Waals surface area contributed by atoms with Crippen molar-refractivity contribution < 1.29 is 0 Å². The van der Waals surface area contributed by atoms with Crippen molar-refractivity contribution in [3.63, 3.8) is 0 Å². The largest absolute Gasteiger partial charge is 0.307 e. The fourth-order valence-electron chi connectivity index (χ4n) is 2.35. The summed E-state index contributed by atoms with van der Waals surface area (Å²) in [7, 11) is 0. The normalized spacial score (nSPS) is 14.9. The number of hydrogen-bond acceptors (Lipinski definition) is 1. The van der Waals surface area contributed by atoms with Gasteiger partial charge in [0.1, 0.15) is 0 Å². The molecule has 0 fully saturated rings. The zero-order chi connectivity index (χ0) is 12.7. The average molecular weight is 233 g/mol. The van der Waals surface area contributed by atoms with Gasteiger partial charge in [0.15, 0.2) is 0 Å². The van der Waals surface area contributed by atoms with Crippen molar-refractivity contribution >= 4 is 0 Å². The Kier molecular flexibility index (Phi) is 6.28. The highest BCUT2D eigenvalue weighted by molar-refractivity contribution is 5.19. The van der Waals surface area contributed by atoms with E-state index in [0.717, 1.165) is 5.92 Å². The summed E-state index contributed by atoms with van der Waals surface area (Å²) in [6, 6.07) is 12.0. The molecule has 0 bridgehead atoms. The fraction of sp³-hybridized carbons (Fsp3) is 0.625. The number of nitrogens with one attached hydrogen (secondary N) is 1. The topological polar surface area (TPSA) is 12.0 Å². The minimum Gasteiger partial charge on any atom is -0.307 e. The van der Waals surface area contributed by atoms with Crippen LogP contribution in [0.25, 0.3) is 0 Å². The SMILES string of the molecule is CCC(C)NC(c1ccccc1)C(CC)CC. The molecule has 1 aromatic carbocycles. The lowest BCUT2D eigenvalue weighted by molar-refractivity contribution is 0.311. The van der Waals surface area contributed by atoms with Gasteiger partial charge in [0.2, 0.25) is 0 Å². The summed E-state index contributed by atoms with van der Waals surface area (Å²) >= 11 is 0. The summed E-state index contributed by atoms with van der Waals surface area (Å²) in [6.07, 6.45) is 3.66. The van der Waals surface area contributed by atoms with Gasteiger partial charge in [-0.05, 0) is 24.8 Å². The van der Waals surface area contributed by atoms with Gasteiger partial charge in [0, 0.05) is 12.1 Å². The Balaban J connectivity index is 2.85. The maximum absolute atomic E-state index is 3.78. The lowest BCUT2D eigenvalue weighted by atomic mass is 9.88. The summed E-state index contributed by atoms with van der Waals surface area (Å²) in [4.78, 5) is 0. The fourth-order valence-corrected chi connectivity index (χ4v) is 2.35. The van der Waals surface area contributed by atoms with Crippen LogP contribution in [0.1, 0.15) is 58.6 Å². The lowest BCUT2D eigenvalue weighted by Gasteiger charge is -2.29. The lowest BCUT2D eigenvalue weighted by Crippen LogP contribution is -2.34. The van der Waals surface area contributed by atoms with E-state index in [1.807, 2.05) is 0 Å². The molecular formula is C16H27N. The Bertz CT molecular complexity index is 290. The molecule has 0 saturated heterocycles. The van der Waals surface area contributed by atoms with E-state index in [-0.39, 0.29) is 0 Å². The van der Waals surface area contributed by atoms with E-state index >= 15 is 0 Å². The number of benzene rings is 1. The summed E-state index contributed by atoms with van der Waals surface area (Å²) in [6.45, 7) is 9.11. The van der Waals surface area contributed by atoms with Crippen molar-refractivity contribution in [3.05, 3.63) is 35.9 Å². The maximum atomic E-state index is 3.78. The van der Waals surface area contributed by atoms with Crippen LogP contribution in [0.4, 0.5) is 0 Å². The molecule has 0 aliphatic rings. The van der Waals surface area contributed by atoms with Crippen LogP contribution in [0, 0.1) is 5.92 Å². The van der Waals surface area contributed by atoms with Gasteiger partial charge in [-0.25, -0.2) is 0 Å². The van der Waals surface area contributed by atoms with Crippen molar-refractivity contribution in [2.45, 2.75) is 59.0 Å². The van der Waals surface area contributed by atoms with E-state index in [2.05, 4.69) is 63.3 Å². The summed E-state index contributed by atoms with van der Waals surface area (Å²) in [5.41, 5.74) is 1.43. The summed E-state index contributed by atoms with van der Waals surface area (Å²) in [5, 5.41) is 3.78. The minimum atomic E-state index is 0.501. The van der Waals surface area contributed by atoms with E-state index in [4.69, 9.17) is 0 Å². The Morgan fingerprint density at radius 3 is 2.00 bits per heavy atom. The Labute approximate surface area is 107 Å². The first-order valence-corrected chi connectivity index (χ1v) is 7.03. The summed E-state index contributed by atoms with van der Waals surface area (Å²) in [5.74, 6) is 0.728. The van der Waals surface area contributed by atoms with Gasteiger partial charge in [-0.2, -0.15) is 0 Å². The first-order chi connectivity index (χ1) is 8.22. The second-order valence-corrected chi connectivity index (χ2v) is 4.94. The minimum absolute atomic E-state index is 0.501. The van der Waals surface area contributed by atoms with E-state index in [0.29, 0.717) is 12.1 Å². The standard InChI is InChI=1S/C16H27N/c1-5-13(4)17-16(14(6-2)7-3)15-11-9-8-10-12-15/h8-14,16-17H,5-7H2,1-4H3. The highest BCUT2D eigenvalue weighted by atomic mass is 14.9. The molecular weight excluding hydrogens is 206 g/mol. The molecule has 1 nitrogen and oxygen atoms in total. The molecule has 0 spiro atoms. The van der Waals surface area contributed by atoms with Gasteiger partial charge in [-0.1, -0.05) is 63.9 Å². The van der Waals surface area contributed by atoms with Crippen molar-refractivity contribution in [2.24, 2.45) is 5.92 Å². The van der Waals surface area contributed by atoms with Gasteiger partial charge in [-0.3, -0.25) is 0 Å². The Morgan fingerprint density at radius 2 is 1.53 bits per heavy atom. The predicted octanol–water partition coefficient (Wildman–Crippen LogP) is 4.55. The zero-order valence-corrected chi connectivity index (χ0v) is 11.7. The summed E-state index contributed by atoms with van der Waals surface area (Å²) < 4.78 is 0. The van der Waals surface area contributed by atoms with Gasteiger partial charge >= 0.3 is 0 Å². The van der Waals surface area contributed by atoms with E-state index in [1.54, 1.807) is 0 Å². The maximum Gasteiger partial charge on any atom is 0.0350 e. The van der Waals surface area contributed by atoms with Gasteiger partial charge < -0.3 is 5.32 Å². The average Bonchev–Trinajstić information content (AvgIpc) is 2.39. The van der Waals surface area contributed by atoms with Crippen LogP contribution in [0.15, 0.2) is 30.3 Å². The van der Waals surface area contributed by atoms with Crippen molar-refractivity contribution in [1.82, 2.24) is 5.32 Å². The van der Waals surface area contributed by atoms with E-state index in [9.17, 15) is 0 Å². The van der Waals surface area contributed by atoms with Crippen LogP contribution in [0.5, 0.6) is 0 Å². The van der Waals surface area contributed by atoms with E-state index < -0.39 is 0 Å². The van der Waals surface area contributed by atoms with Gasteiger partial charge in [0.05, 0.1) is 0 Å². The van der Waals surface area contributed by atoms with Gasteiger partial charge in [-0.15, -0.1) is 0 Å². The highest BCUT2D eigenvalue weighted by Gasteiger charge is 2.21. The molecule has 0 aliphatic heterocycles. The Morgan fingerprint density at radius 1 is 0.941 bits per heavy atom. The number of hydrogen-bond donors (Lipinski definition) is 1. The van der Waals surface area contributed by atoms with Crippen molar-refractivity contribution in [2.75, 3.05) is 0 Å². The molecule has 1 rings (SSSR count). The monoisotopic (exact) mass is 233 g/mol. The van der Waals surface area contributed by atoms with Crippen LogP contribution in [0.2, 0.25) is 0 Å². The molecule has 17 heavy (non-hydrogen) atoms. The van der Waals surface area contributed by atoms with Crippen LogP contribution in [0.3, 0.4) is 0 Å². The molecule has 0 radical (unpaired) electrons. The molecule has 0 saturated carbocycles. The second-order valence-electron chi connectivity index (χ2n) is 4.94. The quantitative estimate of drug-likeness (QED) is 0.728. The predicted molar refractivity (Wildman–Crippen MR) is 76.1 cm³/mol. The molecule has 96 valence electrons. The third-order valence-electron chi connectivity index (χ3n) is 3.76. The molecule has 0 aliphatic carbocycles. The van der Waals surface area contributed by atoms with Crippen LogP contribution >= 0.6 is 0 Å². The van der Waals surface area contributed by atoms with Crippen molar-refractivity contribution in [1.29, 1.82) is 0 Å². The van der Waals surface area contributed by atoms with Crippen LogP contribution in [-0.2, 0) is 0 Å². The van der Waals surface area contributed by atoms with Gasteiger partial charge in [0.25, 0.3) is 0 Å². The molecule has 1 N–H and O–H groups in total. The molecule has 0 heterocycles. The van der Waals surface area contributed by atoms with Crippen molar-refractivity contribution in [3.8, 4) is 0 Å². The zero-order valence-electron chi connectivity index (χ0n) is 11.7. The smallest absolute Gasteiger partial charge is 0.0350 e. The third-order valence-corrected chi connectivity index (χ3v) is 3.76. The van der Waals surface area contributed by atoms with E-state index in [1.165, 1.54) is 24.8 Å². The highest BCUT2D eigenvalue weighted by Crippen LogP contribution is 2.27. The molecule has 0 amide bonds. The number of rotatable bonds is 7. The molecule has 2 unspecified atom stereocenters. The molecule has 2 atom stereocenters. The first kappa shape index (κ1) is 14.2.